The van der Waals surface area contributed by atoms with E-state index in [-0.39, 0.29) is 12.5 Å². The van der Waals surface area contributed by atoms with E-state index in [1.165, 1.54) is 5.01 Å². The number of rotatable bonds is 6. The molecule has 0 N–H and O–H groups in total. The Morgan fingerprint density at radius 2 is 1.93 bits per heavy atom. The minimum Gasteiger partial charge on any atom is -0.490 e. The molecule has 2 aromatic rings. The lowest BCUT2D eigenvalue weighted by Gasteiger charge is -2.12. The van der Waals surface area contributed by atoms with E-state index in [9.17, 15) is 4.79 Å². The standard InChI is InChI=1S/C21H18IN3O3/c1-3-27-20-13-15(4-9-19(20)28-11-10-23)12-18-14(2)24-25(21(18)26)17-7-5-16(22)6-8-17/h4-9,12-13H,3,11H2,1-2H3/b18-12+. The van der Waals surface area contributed by atoms with E-state index in [4.69, 9.17) is 14.7 Å². The van der Waals surface area contributed by atoms with E-state index in [0.29, 0.717) is 29.4 Å². The Balaban J connectivity index is 1.89. The smallest absolute Gasteiger partial charge is 0.280 e. The van der Waals surface area contributed by atoms with E-state index in [0.717, 1.165) is 14.8 Å². The molecule has 0 saturated heterocycles. The summed E-state index contributed by atoms with van der Waals surface area (Å²) in [5.41, 5.74) is 2.68. The van der Waals surface area contributed by atoms with Crippen LogP contribution in [0.3, 0.4) is 0 Å². The van der Waals surface area contributed by atoms with Gasteiger partial charge in [0.05, 0.1) is 23.6 Å². The molecule has 0 saturated carbocycles. The van der Waals surface area contributed by atoms with Gasteiger partial charge in [-0.15, -0.1) is 0 Å². The number of carbonyl (C=O) groups excluding carboxylic acids is 1. The molecule has 0 fully saturated rings. The van der Waals surface area contributed by atoms with Crippen molar-refractivity contribution in [2.24, 2.45) is 5.10 Å². The first kappa shape index (κ1) is 19.9. The van der Waals surface area contributed by atoms with E-state index < -0.39 is 0 Å². The van der Waals surface area contributed by atoms with E-state index >= 15 is 0 Å². The van der Waals surface area contributed by atoms with E-state index in [2.05, 4.69) is 27.7 Å². The quantitative estimate of drug-likeness (QED) is 0.448. The van der Waals surface area contributed by atoms with Gasteiger partial charge in [0.15, 0.2) is 18.1 Å². The number of amides is 1. The Hall–Kier alpha value is -2.86. The molecular weight excluding hydrogens is 469 g/mol. The average molecular weight is 487 g/mol. The van der Waals surface area contributed by atoms with Gasteiger partial charge in [-0.25, -0.2) is 0 Å². The fraction of sp³-hybridized carbons (Fsp3) is 0.190. The van der Waals surface area contributed by atoms with Crippen molar-refractivity contribution in [1.82, 2.24) is 0 Å². The van der Waals surface area contributed by atoms with Crippen molar-refractivity contribution in [3.63, 3.8) is 0 Å². The zero-order valence-corrected chi connectivity index (χ0v) is 17.6. The summed E-state index contributed by atoms with van der Waals surface area (Å²) < 4.78 is 12.1. The van der Waals surface area contributed by atoms with Crippen LogP contribution >= 0.6 is 22.6 Å². The van der Waals surface area contributed by atoms with Gasteiger partial charge in [0.1, 0.15) is 6.07 Å². The van der Waals surface area contributed by atoms with Crippen molar-refractivity contribution in [1.29, 1.82) is 5.26 Å². The van der Waals surface area contributed by atoms with Crippen LogP contribution in [0.4, 0.5) is 5.69 Å². The van der Waals surface area contributed by atoms with Crippen molar-refractivity contribution < 1.29 is 14.3 Å². The lowest BCUT2D eigenvalue weighted by Crippen LogP contribution is -2.21. The number of benzene rings is 2. The zero-order chi connectivity index (χ0) is 20.1. The van der Waals surface area contributed by atoms with Crippen LogP contribution in [-0.2, 0) is 4.79 Å². The summed E-state index contributed by atoms with van der Waals surface area (Å²) >= 11 is 2.22. The zero-order valence-electron chi connectivity index (χ0n) is 15.5. The van der Waals surface area contributed by atoms with Gasteiger partial charge in [-0.3, -0.25) is 4.79 Å². The van der Waals surface area contributed by atoms with Gasteiger partial charge in [0.25, 0.3) is 5.91 Å². The number of nitriles is 1. The molecule has 2 aromatic carbocycles. The van der Waals surface area contributed by atoms with Gasteiger partial charge in [0.2, 0.25) is 0 Å². The fourth-order valence-electron chi connectivity index (χ4n) is 2.72. The molecule has 0 bridgehead atoms. The minimum absolute atomic E-state index is 0.0598. The van der Waals surface area contributed by atoms with Gasteiger partial charge in [-0.05, 0) is 84.5 Å². The summed E-state index contributed by atoms with van der Waals surface area (Å²) in [5, 5.41) is 14.5. The molecule has 1 aliphatic heterocycles. The molecule has 0 atom stereocenters. The first-order valence-electron chi connectivity index (χ1n) is 8.67. The van der Waals surface area contributed by atoms with Gasteiger partial charge in [-0.2, -0.15) is 15.4 Å². The molecule has 1 amide bonds. The predicted molar refractivity (Wildman–Crippen MR) is 116 cm³/mol. The number of hydrazone groups is 1. The van der Waals surface area contributed by atoms with Gasteiger partial charge in [-0.1, -0.05) is 6.07 Å². The molecule has 0 aliphatic carbocycles. The van der Waals surface area contributed by atoms with Crippen molar-refractivity contribution >= 4 is 46.0 Å². The Labute approximate surface area is 177 Å². The summed E-state index contributed by atoms with van der Waals surface area (Å²) in [5.74, 6) is 0.845. The van der Waals surface area contributed by atoms with Gasteiger partial charge in [0, 0.05) is 3.57 Å². The van der Waals surface area contributed by atoms with Crippen molar-refractivity contribution in [2.75, 3.05) is 18.2 Å². The van der Waals surface area contributed by atoms with Crippen LogP contribution in [0.15, 0.2) is 53.1 Å². The Kier molecular flexibility index (Phi) is 6.31. The number of nitrogens with zero attached hydrogens (tertiary/aromatic N) is 3. The monoisotopic (exact) mass is 487 g/mol. The molecule has 28 heavy (non-hydrogen) atoms. The second-order valence-electron chi connectivity index (χ2n) is 5.92. The van der Waals surface area contributed by atoms with Crippen molar-refractivity contribution in [2.45, 2.75) is 13.8 Å². The first-order chi connectivity index (χ1) is 13.5. The van der Waals surface area contributed by atoms with Crippen LogP contribution in [0.1, 0.15) is 19.4 Å². The SMILES string of the molecule is CCOc1cc(/C=C2/C(=O)N(c3ccc(I)cc3)N=C2C)ccc1OCC#N. The fourth-order valence-corrected chi connectivity index (χ4v) is 3.08. The van der Waals surface area contributed by atoms with E-state index in [1.807, 2.05) is 50.2 Å². The molecule has 0 radical (unpaired) electrons. The summed E-state index contributed by atoms with van der Waals surface area (Å²) in [6.07, 6.45) is 1.78. The third-order valence-electron chi connectivity index (χ3n) is 4.00. The van der Waals surface area contributed by atoms with Crippen LogP contribution in [0, 0.1) is 14.9 Å². The van der Waals surface area contributed by atoms with E-state index in [1.54, 1.807) is 18.2 Å². The second-order valence-corrected chi connectivity index (χ2v) is 7.17. The molecular formula is C21H18IN3O3. The number of carbonyl (C=O) groups is 1. The summed E-state index contributed by atoms with van der Waals surface area (Å²) in [7, 11) is 0. The normalized spacial score (nSPS) is 14.8. The summed E-state index contributed by atoms with van der Waals surface area (Å²) in [6, 6.07) is 14.9. The molecule has 6 nitrogen and oxygen atoms in total. The number of hydrogen-bond donors (Lipinski definition) is 0. The Morgan fingerprint density at radius 1 is 1.18 bits per heavy atom. The number of hydrogen-bond acceptors (Lipinski definition) is 5. The first-order valence-corrected chi connectivity index (χ1v) is 9.75. The summed E-state index contributed by atoms with van der Waals surface area (Å²) in [6.45, 7) is 4.08. The molecule has 1 aliphatic rings. The van der Waals surface area contributed by atoms with Crippen LogP contribution in [0.5, 0.6) is 11.5 Å². The second kappa shape index (κ2) is 8.89. The number of halogens is 1. The number of anilines is 1. The highest BCUT2D eigenvalue weighted by Crippen LogP contribution is 2.31. The summed E-state index contributed by atoms with van der Waals surface area (Å²) in [4.78, 5) is 12.9. The lowest BCUT2D eigenvalue weighted by atomic mass is 10.1. The van der Waals surface area contributed by atoms with Crippen LogP contribution < -0.4 is 14.5 Å². The molecule has 0 aromatic heterocycles. The topological polar surface area (TPSA) is 74.9 Å². The van der Waals surface area contributed by atoms with Crippen LogP contribution in [0.25, 0.3) is 6.08 Å². The third kappa shape index (κ3) is 4.34. The van der Waals surface area contributed by atoms with Gasteiger partial charge >= 0.3 is 0 Å². The lowest BCUT2D eigenvalue weighted by molar-refractivity contribution is -0.114. The predicted octanol–water partition coefficient (Wildman–Crippen LogP) is 4.40. The van der Waals surface area contributed by atoms with Crippen LogP contribution in [0.2, 0.25) is 0 Å². The largest absolute Gasteiger partial charge is 0.490 e. The Morgan fingerprint density at radius 3 is 2.61 bits per heavy atom. The average Bonchev–Trinajstić information content (AvgIpc) is 2.96. The maximum Gasteiger partial charge on any atom is 0.280 e. The highest BCUT2D eigenvalue weighted by Gasteiger charge is 2.28. The highest BCUT2D eigenvalue weighted by atomic mass is 127. The molecule has 7 heteroatoms. The highest BCUT2D eigenvalue weighted by molar-refractivity contribution is 14.1. The Bertz CT molecular complexity index is 991. The number of ether oxygens (including phenoxy) is 2. The molecule has 0 spiro atoms. The molecule has 3 rings (SSSR count). The van der Waals surface area contributed by atoms with Crippen molar-refractivity contribution in [3.05, 3.63) is 57.2 Å². The molecule has 142 valence electrons. The van der Waals surface area contributed by atoms with Crippen LogP contribution in [-0.4, -0.2) is 24.8 Å². The molecule has 0 unspecified atom stereocenters. The van der Waals surface area contributed by atoms with Crippen molar-refractivity contribution in [3.8, 4) is 17.6 Å². The maximum absolute atomic E-state index is 12.9. The van der Waals surface area contributed by atoms with Gasteiger partial charge < -0.3 is 9.47 Å². The third-order valence-corrected chi connectivity index (χ3v) is 4.72. The molecule has 1 heterocycles. The maximum atomic E-state index is 12.9. The minimum atomic E-state index is -0.179.